The van der Waals surface area contributed by atoms with E-state index >= 15 is 0 Å². The number of aliphatic hydroxyl groups excluding tert-OH is 1. The molecule has 1 aliphatic carbocycles. The number of Topliss-reactive ketones (excluding diaryl/α,β-unsaturated/α-hetero) is 1. The minimum atomic E-state index is -0.660. The highest BCUT2D eigenvalue weighted by Gasteiger charge is 2.37. The second kappa shape index (κ2) is 7.93. The molecule has 1 aliphatic rings. The molecule has 1 aromatic carbocycles. The third-order valence-electron chi connectivity index (χ3n) is 4.63. The van der Waals surface area contributed by atoms with E-state index < -0.39 is 11.5 Å². The summed E-state index contributed by atoms with van der Waals surface area (Å²) in [6.07, 6.45) is 1.49. The number of rotatable bonds is 5. The largest absolute Gasteiger partial charge is 0.462 e. The normalized spacial score (nSPS) is 22.9. The summed E-state index contributed by atoms with van der Waals surface area (Å²) in [5.74, 6) is -0.257. The van der Waals surface area contributed by atoms with E-state index in [-0.39, 0.29) is 17.8 Å². The van der Waals surface area contributed by atoms with E-state index in [0.717, 1.165) is 5.56 Å². The number of carbonyl (C=O) groups is 2. The van der Waals surface area contributed by atoms with Crippen molar-refractivity contribution in [2.45, 2.75) is 52.8 Å². The van der Waals surface area contributed by atoms with Crippen LogP contribution in [0.4, 0.5) is 0 Å². The van der Waals surface area contributed by atoms with Gasteiger partial charge in [0.05, 0.1) is 24.3 Å². The molecule has 0 saturated carbocycles. The molecule has 0 aliphatic heterocycles. The molecule has 0 bridgehead atoms. The highest BCUT2D eigenvalue weighted by molar-refractivity contribution is 5.95. The fraction of sp³-hybridized carbons (Fsp3) is 0.500. The molecular weight excluding hydrogens is 318 g/mol. The van der Waals surface area contributed by atoms with Crippen molar-refractivity contribution in [2.75, 3.05) is 6.61 Å². The van der Waals surface area contributed by atoms with Gasteiger partial charge in [0.15, 0.2) is 5.78 Å². The maximum absolute atomic E-state index is 12.1. The Balaban J connectivity index is 2.06. The van der Waals surface area contributed by atoms with Crippen molar-refractivity contribution in [3.05, 3.63) is 47.0 Å². The SMILES string of the molecule is CCOC(=O)c1ccc(CNC2C=C(C)C(=O)CC(C)(C)C2O)cc1. The molecule has 5 heteroatoms. The van der Waals surface area contributed by atoms with Crippen LogP contribution in [-0.4, -0.2) is 35.6 Å². The molecule has 2 rings (SSSR count). The number of hydrogen-bond acceptors (Lipinski definition) is 5. The third-order valence-corrected chi connectivity index (χ3v) is 4.63. The Hall–Kier alpha value is -1.98. The topological polar surface area (TPSA) is 75.6 Å². The summed E-state index contributed by atoms with van der Waals surface area (Å²) in [7, 11) is 0. The highest BCUT2D eigenvalue weighted by atomic mass is 16.5. The van der Waals surface area contributed by atoms with Crippen molar-refractivity contribution in [1.82, 2.24) is 5.32 Å². The molecule has 2 unspecified atom stereocenters. The second-order valence-corrected chi connectivity index (χ2v) is 7.21. The minimum Gasteiger partial charge on any atom is -0.462 e. The number of benzene rings is 1. The molecule has 2 atom stereocenters. The van der Waals surface area contributed by atoms with Crippen molar-refractivity contribution in [3.63, 3.8) is 0 Å². The van der Waals surface area contributed by atoms with Crippen LogP contribution in [0.15, 0.2) is 35.9 Å². The summed E-state index contributed by atoms with van der Waals surface area (Å²) < 4.78 is 4.97. The van der Waals surface area contributed by atoms with Gasteiger partial charge < -0.3 is 15.2 Å². The van der Waals surface area contributed by atoms with E-state index in [0.29, 0.717) is 30.7 Å². The van der Waals surface area contributed by atoms with Crippen LogP contribution in [0.2, 0.25) is 0 Å². The summed E-state index contributed by atoms with van der Waals surface area (Å²) in [6.45, 7) is 8.26. The summed E-state index contributed by atoms with van der Waals surface area (Å²) in [4.78, 5) is 23.8. The van der Waals surface area contributed by atoms with E-state index in [2.05, 4.69) is 5.32 Å². The molecule has 0 fully saturated rings. The first kappa shape index (κ1) is 19.3. The van der Waals surface area contributed by atoms with Crippen LogP contribution in [0.1, 0.15) is 50.0 Å². The van der Waals surface area contributed by atoms with Crippen molar-refractivity contribution in [2.24, 2.45) is 5.41 Å². The zero-order chi connectivity index (χ0) is 18.6. The van der Waals surface area contributed by atoms with Crippen LogP contribution in [0.5, 0.6) is 0 Å². The van der Waals surface area contributed by atoms with Gasteiger partial charge in [-0.2, -0.15) is 0 Å². The fourth-order valence-electron chi connectivity index (χ4n) is 2.98. The van der Waals surface area contributed by atoms with Crippen LogP contribution in [0.3, 0.4) is 0 Å². The van der Waals surface area contributed by atoms with E-state index in [1.165, 1.54) is 0 Å². The smallest absolute Gasteiger partial charge is 0.338 e. The molecule has 0 radical (unpaired) electrons. The zero-order valence-electron chi connectivity index (χ0n) is 15.3. The molecule has 1 aromatic rings. The van der Waals surface area contributed by atoms with Gasteiger partial charge in [0.2, 0.25) is 0 Å². The lowest BCUT2D eigenvalue weighted by atomic mass is 9.80. The Morgan fingerprint density at radius 1 is 1.32 bits per heavy atom. The van der Waals surface area contributed by atoms with Gasteiger partial charge in [-0.05, 0) is 42.5 Å². The van der Waals surface area contributed by atoms with Gasteiger partial charge in [0.1, 0.15) is 0 Å². The van der Waals surface area contributed by atoms with E-state index in [9.17, 15) is 14.7 Å². The number of allylic oxidation sites excluding steroid dienone is 1. The average molecular weight is 345 g/mol. The standard InChI is InChI=1S/C20H27NO4/c1-5-25-19(24)15-8-6-14(7-9-15)12-21-16-10-13(2)17(22)11-20(3,4)18(16)23/h6-10,16,18,21,23H,5,11-12H2,1-4H3. The predicted octanol–water partition coefficient (Wildman–Crippen LogP) is 2.63. The van der Waals surface area contributed by atoms with Crippen molar-refractivity contribution in [1.29, 1.82) is 0 Å². The van der Waals surface area contributed by atoms with Gasteiger partial charge in [-0.1, -0.05) is 32.1 Å². The van der Waals surface area contributed by atoms with Crippen molar-refractivity contribution < 1.29 is 19.4 Å². The predicted molar refractivity (Wildman–Crippen MR) is 96.2 cm³/mol. The van der Waals surface area contributed by atoms with Crippen LogP contribution < -0.4 is 5.32 Å². The maximum atomic E-state index is 12.1. The third kappa shape index (κ3) is 4.77. The van der Waals surface area contributed by atoms with E-state index in [4.69, 9.17) is 4.74 Å². The number of ether oxygens (including phenoxy) is 1. The molecule has 5 nitrogen and oxygen atoms in total. The molecule has 2 N–H and O–H groups in total. The van der Waals surface area contributed by atoms with E-state index in [1.807, 2.05) is 32.1 Å². The monoisotopic (exact) mass is 345 g/mol. The number of ketones is 1. The quantitative estimate of drug-likeness (QED) is 0.803. The minimum absolute atomic E-state index is 0.0761. The van der Waals surface area contributed by atoms with Crippen molar-refractivity contribution in [3.8, 4) is 0 Å². The van der Waals surface area contributed by atoms with Gasteiger partial charge in [-0.25, -0.2) is 4.79 Å². The second-order valence-electron chi connectivity index (χ2n) is 7.21. The first-order valence-electron chi connectivity index (χ1n) is 8.63. The zero-order valence-corrected chi connectivity index (χ0v) is 15.3. The van der Waals surface area contributed by atoms with Crippen LogP contribution >= 0.6 is 0 Å². The highest BCUT2D eigenvalue weighted by Crippen LogP contribution is 2.32. The first-order valence-corrected chi connectivity index (χ1v) is 8.63. The Labute approximate surface area is 149 Å². The molecule has 0 saturated heterocycles. The van der Waals surface area contributed by atoms with Gasteiger partial charge in [0.25, 0.3) is 0 Å². The van der Waals surface area contributed by atoms with Crippen LogP contribution in [0, 0.1) is 5.41 Å². The molecule has 0 amide bonds. The van der Waals surface area contributed by atoms with E-state index in [1.54, 1.807) is 26.0 Å². The first-order chi connectivity index (χ1) is 11.7. The van der Waals surface area contributed by atoms with Gasteiger partial charge >= 0.3 is 5.97 Å². The fourth-order valence-corrected chi connectivity index (χ4v) is 2.98. The lowest BCUT2D eigenvalue weighted by molar-refractivity contribution is -0.118. The average Bonchev–Trinajstić information content (AvgIpc) is 2.64. The number of esters is 1. The number of nitrogens with one attached hydrogen (secondary N) is 1. The molecule has 0 heterocycles. The summed E-state index contributed by atoms with van der Waals surface area (Å²) >= 11 is 0. The Kier molecular flexibility index (Phi) is 6.14. The van der Waals surface area contributed by atoms with Crippen LogP contribution in [0.25, 0.3) is 0 Å². The number of hydrogen-bond donors (Lipinski definition) is 2. The van der Waals surface area contributed by atoms with Gasteiger partial charge in [0, 0.05) is 13.0 Å². The van der Waals surface area contributed by atoms with Gasteiger partial charge in [-0.3, -0.25) is 4.79 Å². The molecule has 0 aromatic heterocycles. The molecule has 25 heavy (non-hydrogen) atoms. The number of carbonyl (C=O) groups excluding carboxylic acids is 2. The summed E-state index contributed by atoms with van der Waals surface area (Å²) in [6, 6.07) is 6.87. The summed E-state index contributed by atoms with van der Waals surface area (Å²) in [5.41, 5.74) is 1.69. The molecular formula is C20H27NO4. The Morgan fingerprint density at radius 2 is 1.96 bits per heavy atom. The lowest BCUT2D eigenvalue weighted by Gasteiger charge is -2.33. The Bertz CT molecular complexity index is 661. The van der Waals surface area contributed by atoms with Crippen molar-refractivity contribution >= 4 is 11.8 Å². The van der Waals surface area contributed by atoms with Crippen LogP contribution in [-0.2, 0) is 16.1 Å². The van der Waals surface area contributed by atoms with Gasteiger partial charge in [-0.15, -0.1) is 0 Å². The lowest BCUT2D eigenvalue weighted by Crippen LogP contribution is -2.45. The Morgan fingerprint density at radius 3 is 2.56 bits per heavy atom. The molecule has 136 valence electrons. The summed E-state index contributed by atoms with van der Waals surface area (Å²) in [5, 5.41) is 14.0. The number of aliphatic hydroxyl groups is 1. The molecule has 0 spiro atoms. The maximum Gasteiger partial charge on any atom is 0.338 e.